The van der Waals surface area contributed by atoms with E-state index in [0.29, 0.717) is 6.04 Å². The molecule has 1 heterocycles. The van der Waals surface area contributed by atoms with Crippen molar-refractivity contribution in [2.75, 3.05) is 46.4 Å². The Balaban J connectivity index is 0.00000338. The van der Waals surface area contributed by atoms with E-state index in [4.69, 9.17) is 4.74 Å². The van der Waals surface area contributed by atoms with Crippen LogP contribution in [0.25, 0.3) is 0 Å². The van der Waals surface area contributed by atoms with Crippen LogP contribution in [-0.2, 0) is 11.2 Å². The van der Waals surface area contributed by atoms with Crippen molar-refractivity contribution in [2.45, 2.75) is 38.6 Å². The van der Waals surface area contributed by atoms with Crippen LogP contribution in [0.1, 0.15) is 31.7 Å². The van der Waals surface area contributed by atoms with Crippen molar-refractivity contribution in [2.24, 2.45) is 4.99 Å². The zero-order valence-electron chi connectivity index (χ0n) is 16.2. The Hall–Kier alpha value is -0.860. The van der Waals surface area contributed by atoms with Gasteiger partial charge in [-0.3, -0.25) is 9.89 Å². The number of halogens is 1. The van der Waals surface area contributed by atoms with E-state index in [-0.39, 0.29) is 24.0 Å². The second-order valence-corrected chi connectivity index (χ2v) is 6.73. The van der Waals surface area contributed by atoms with E-state index in [1.807, 2.05) is 7.05 Å². The molecule has 1 aliphatic heterocycles. The molecular formula is C20H35IN4O. The highest BCUT2D eigenvalue weighted by atomic mass is 127. The fourth-order valence-corrected chi connectivity index (χ4v) is 3.02. The second-order valence-electron chi connectivity index (χ2n) is 6.73. The van der Waals surface area contributed by atoms with Gasteiger partial charge >= 0.3 is 0 Å². The van der Waals surface area contributed by atoms with Gasteiger partial charge in [0.15, 0.2) is 5.96 Å². The van der Waals surface area contributed by atoms with Gasteiger partial charge in [0.2, 0.25) is 0 Å². The highest BCUT2D eigenvalue weighted by Crippen LogP contribution is 2.04. The minimum Gasteiger partial charge on any atom is -0.379 e. The smallest absolute Gasteiger partial charge is 0.191 e. The SMILES string of the molecule is CN=C(NCCCCN1CCOCC1)NC(C)CCc1ccccc1.I. The number of unbranched alkanes of at least 4 members (excludes halogenated alkanes) is 1. The average molecular weight is 474 g/mol. The van der Waals surface area contributed by atoms with E-state index in [1.54, 1.807) is 0 Å². The number of hydrogen-bond acceptors (Lipinski definition) is 3. The first-order valence-corrected chi connectivity index (χ1v) is 9.59. The quantitative estimate of drug-likeness (QED) is 0.250. The molecule has 0 aliphatic carbocycles. The molecule has 2 N–H and O–H groups in total. The maximum absolute atomic E-state index is 5.38. The first-order valence-electron chi connectivity index (χ1n) is 9.59. The van der Waals surface area contributed by atoms with Crippen molar-refractivity contribution in [3.05, 3.63) is 35.9 Å². The van der Waals surface area contributed by atoms with Crippen molar-refractivity contribution in [3.63, 3.8) is 0 Å². The number of aryl methyl sites for hydroxylation is 1. The largest absolute Gasteiger partial charge is 0.379 e. The molecule has 6 heteroatoms. The molecule has 1 atom stereocenters. The van der Waals surface area contributed by atoms with Crippen LogP contribution in [0.4, 0.5) is 0 Å². The summed E-state index contributed by atoms with van der Waals surface area (Å²) in [5, 5.41) is 6.92. The van der Waals surface area contributed by atoms with E-state index in [2.05, 4.69) is 57.8 Å². The molecule has 5 nitrogen and oxygen atoms in total. The molecule has 1 aliphatic rings. The highest BCUT2D eigenvalue weighted by Gasteiger charge is 2.09. The van der Waals surface area contributed by atoms with Gasteiger partial charge in [-0.15, -0.1) is 24.0 Å². The number of guanidine groups is 1. The Morgan fingerprint density at radius 2 is 1.92 bits per heavy atom. The molecule has 1 unspecified atom stereocenters. The summed E-state index contributed by atoms with van der Waals surface area (Å²) in [5.74, 6) is 0.909. The van der Waals surface area contributed by atoms with Crippen LogP contribution in [0, 0.1) is 0 Å². The van der Waals surface area contributed by atoms with Gasteiger partial charge in [-0.2, -0.15) is 0 Å². The molecule has 148 valence electrons. The summed E-state index contributed by atoms with van der Waals surface area (Å²) in [7, 11) is 1.84. The number of nitrogens with one attached hydrogen (secondary N) is 2. The number of nitrogens with zero attached hydrogens (tertiary/aromatic N) is 2. The standard InChI is InChI=1S/C20H34N4O.HI/c1-18(10-11-19-8-4-3-5-9-19)23-20(21-2)22-12-6-7-13-24-14-16-25-17-15-24;/h3-5,8-9,18H,6-7,10-17H2,1-2H3,(H2,21,22,23);1H. The maximum Gasteiger partial charge on any atom is 0.191 e. The Bertz CT molecular complexity index is 492. The normalized spacial score (nSPS) is 16.6. The molecular weight excluding hydrogens is 439 g/mol. The summed E-state index contributed by atoms with van der Waals surface area (Å²) in [6, 6.07) is 11.0. The molecule has 0 aromatic heterocycles. The van der Waals surface area contributed by atoms with E-state index in [9.17, 15) is 0 Å². The first-order chi connectivity index (χ1) is 12.3. The summed E-state index contributed by atoms with van der Waals surface area (Å²) in [6.45, 7) is 8.28. The van der Waals surface area contributed by atoms with E-state index >= 15 is 0 Å². The summed E-state index contributed by atoms with van der Waals surface area (Å²) in [5.41, 5.74) is 1.39. The molecule has 0 amide bonds. The number of ether oxygens (including phenoxy) is 1. The fourth-order valence-electron chi connectivity index (χ4n) is 3.02. The van der Waals surface area contributed by atoms with Crippen molar-refractivity contribution in [1.29, 1.82) is 0 Å². The summed E-state index contributed by atoms with van der Waals surface area (Å²) >= 11 is 0. The van der Waals surface area contributed by atoms with Gasteiger partial charge in [0.05, 0.1) is 13.2 Å². The average Bonchev–Trinajstić information content (AvgIpc) is 2.67. The predicted molar refractivity (Wildman–Crippen MR) is 121 cm³/mol. The number of rotatable bonds is 9. The molecule has 2 rings (SSSR count). The second kappa shape index (κ2) is 14.2. The molecule has 1 aromatic rings. The molecule has 0 bridgehead atoms. The zero-order chi connectivity index (χ0) is 17.7. The predicted octanol–water partition coefficient (Wildman–Crippen LogP) is 2.90. The lowest BCUT2D eigenvalue weighted by Crippen LogP contribution is -2.43. The molecule has 26 heavy (non-hydrogen) atoms. The number of aliphatic imine (C=N–C) groups is 1. The number of benzene rings is 1. The van der Waals surface area contributed by atoms with Crippen LogP contribution in [0.5, 0.6) is 0 Å². The Labute approximate surface area is 176 Å². The minimum absolute atomic E-state index is 0. The molecule has 1 aromatic carbocycles. The molecule has 0 saturated carbocycles. The molecule has 0 radical (unpaired) electrons. The van der Waals surface area contributed by atoms with E-state index in [0.717, 1.165) is 58.1 Å². The van der Waals surface area contributed by atoms with Crippen LogP contribution in [0.3, 0.4) is 0 Å². The number of hydrogen-bond donors (Lipinski definition) is 2. The lowest BCUT2D eigenvalue weighted by Gasteiger charge is -2.26. The Morgan fingerprint density at radius 1 is 1.19 bits per heavy atom. The Kier molecular flexibility index (Phi) is 12.7. The third-order valence-corrected chi connectivity index (χ3v) is 4.61. The highest BCUT2D eigenvalue weighted by molar-refractivity contribution is 14.0. The van der Waals surface area contributed by atoms with Crippen molar-refractivity contribution < 1.29 is 4.74 Å². The number of morpholine rings is 1. The van der Waals surface area contributed by atoms with Crippen LogP contribution in [0.15, 0.2) is 35.3 Å². The Morgan fingerprint density at radius 3 is 2.62 bits per heavy atom. The van der Waals surface area contributed by atoms with Gasteiger partial charge in [-0.25, -0.2) is 0 Å². The monoisotopic (exact) mass is 474 g/mol. The van der Waals surface area contributed by atoms with Crippen molar-refractivity contribution in [3.8, 4) is 0 Å². The van der Waals surface area contributed by atoms with Gasteiger partial charge < -0.3 is 15.4 Å². The van der Waals surface area contributed by atoms with Crippen LogP contribution in [-0.4, -0.2) is 63.3 Å². The molecule has 1 fully saturated rings. The summed E-state index contributed by atoms with van der Waals surface area (Å²) in [4.78, 5) is 6.83. The topological polar surface area (TPSA) is 48.9 Å². The summed E-state index contributed by atoms with van der Waals surface area (Å²) < 4.78 is 5.38. The van der Waals surface area contributed by atoms with Crippen LogP contribution >= 0.6 is 24.0 Å². The zero-order valence-corrected chi connectivity index (χ0v) is 18.6. The van der Waals surface area contributed by atoms with Crippen LogP contribution in [0.2, 0.25) is 0 Å². The van der Waals surface area contributed by atoms with Crippen molar-refractivity contribution >= 4 is 29.9 Å². The lowest BCUT2D eigenvalue weighted by molar-refractivity contribution is 0.0372. The van der Waals surface area contributed by atoms with Crippen LogP contribution < -0.4 is 10.6 Å². The van der Waals surface area contributed by atoms with Gasteiger partial charge in [0, 0.05) is 32.7 Å². The van der Waals surface area contributed by atoms with Gasteiger partial charge in [-0.1, -0.05) is 30.3 Å². The lowest BCUT2D eigenvalue weighted by atomic mass is 10.1. The van der Waals surface area contributed by atoms with E-state index in [1.165, 1.54) is 18.5 Å². The summed E-state index contributed by atoms with van der Waals surface area (Å²) in [6.07, 6.45) is 4.57. The van der Waals surface area contributed by atoms with Gasteiger partial charge in [-0.05, 0) is 44.7 Å². The van der Waals surface area contributed by atoms with Gasteiger partial charge in [0.25, 0.3) is 0 Å². The first kappa shape index (κ1) is 23.2. The maximum atomic E-state index is 5.38. The minimum atomic E-state index is 0. The molecule has 0 spiro atoms. The third kappa shape index (κ3) is 9.73. The third-order valence-electron chi connectivity index (χ3n) is 4.61. The van der Waals surface area contributed by atoms with E-state index < -0.39 is 0 Å². The molecule has 1 saturated heterocycles. The van der Waals surface area contributed by atoms with Crippen molar-refractivity contribution in [1.82, 2.24) is 15.5 Å². The van der Waals surface area contributed by atoms with Gasteiger partial charge in [0.1, 0.15) is 0 Å². The fraction of sp³-hybridized carbons (Fsp3) is 0.650.